The molecule has 0 aliphatic carbocycles. The predicted molar refractivity (Wildman–Crippen MR) is 131 cm³/mol. The zero-order chi connectivity index (χ0) is 24.7. The smallest absolute Gasteiger partial charge is 0.223 e. The quantitative estimate of drug-likeness (QED) is 0.651. The van der Waals surface area contributed by atoms with Crippen LogP contribution >= 0.6 is 0 Å². The van der Waals surface area contributed by atoms with Crippen molar-refractivity contribution in [3.8, 4) is 0 Å². The average Bonchev–Trinajstić information content (AvgIpc) is 3.14. The van der Waals surface area contributed by atoms with Crippen molar-refractivity contribution in [3.05, 3.63) is 47.2 Å². The van der Waals surface area contributed by atoms with Crippen LogP contribution < -0.4 is 5.32 Å². The molecule has 2 N–H and O–H groups in total. The molecule has 182 valence electrons. The van der Waals surface area contributed by atoms with Crippen LogP contribution in [0, 0.1) is 30.6 Å². The lowest BCUT2D eigenvalue weighted by Gasteiger charge is -2.27. The highest BCUT2D eigenvalue weighted by molar-refractivity contribution is 5.83. The van der Waals surface area contributed by atoms with Gasteiger partial charge in [0.25, 0.3) is 0 Å². The minimum absolute atomic E-state index is 0.00389. The Morgan fingerprint density at radius 1 is 1.18 bits per heavy atom. The Labute approximate surface area is 198 Å². The molecule has 6 atom stereocenters. The topological polar surface area (TPSA) is 92.4 Å². The SMILES string of the molecule is CC1=C/[C@H](C)[C@@H](/C(C)=C/c2coc(C)n2)NC(=O)C[C@H](O)CC(=O)[C@H](C)[C@@H](C)[C@@H](C)C\C=C\1. The van der Waals surface area contributed by atoms with Gasteiger partial charge in [-0.2, -0.15) is 0 Å². The van der Waals surface area contributed by atoms with E-state index in [9.17, 15) is 14.7 Å². The van der Waals surface area contributed by atoms with Crippen molar-refractivity contribution in [1.82, 2.24) is 10.3 Å². The number of Topliss-reactive ketones (excluding diaryl/α,β-unsaturated/α-hetero) is 1. The monoisotopic (exact) mass is 456 g/mol. The minimum atomic E-state index is -0.994. The number of oxazole rings is 1. The molecule has 6 nitrogen and oxygen atoms in total. The normalized spacial score (nSPS) is 33.8. The van der Waals surface area contributed by atoms with Crippen molar-refractivity contribution in [2.75, 3.05) is 0 Å². The first-order valence-electron chi connectivity index (χ1n) is 11.9. The molecule has 1 amide bonds. The maximum atomic E-state index is 12.8. The number of aliphatic hydroxyl groups is 1. The summed E-state index contributed by atoms with van der Waals surface area (Å²) in [6.45, 7) is 14.0. The van der Waals surface area contributed by atoms with E-state index in [1.54, 1.807) is 13.2 Å². The third kappa shape index (κ3) is 8.11. The molecule has 0 radical (unpaired) electrons. The lowest BCUT2D eigenvalue weighted by Crippen LogP contribution is -2.41. The second-order valence-electron chi connectivity index (χ2n) is 9.79. The number of rotatable bonds is 2. The van der Waals surface area contributed by atoms with Gasteiger partial charge < -0.3 is 14.8 Å². The van der Waals surface area contributed by atoms with E-state index in [1.807, 2.05) is 19.9 Å². The third-order valence-electron chi connectivity index (χ3n) is 6.81. The number of aliphatic hydroxyl groups excluding tert-OH is 1. The molecular weight excluding hydrogens is 416 g/mol. The van der Waals surface area contributed by atoms with Crippen molar-refractivity contribution in [2.24, 2.45) is 23.7 Å². The average molecular weight is 457 g/mol. The van der Waals surface area contributed by atoms with Gasteiger partial charge in [-0.1, -0.05) is 51.5 Å². The first-order chi connectivity index (χ1) is 15.5. The fourth-order valence-electron chi connectivity index (χ4n) is 4.40. The maximum absolute atomic E-state index is 12.8. The second-order valence-corrected chi connectivity index (χ2v) is 9.79. The molecule has 2 heterocycles. The zero-order valence-corrected chi connectivity index (χ0v) is 21.1. The number of aromatic nitrogens is 1. The Morgan fingerprint density at radius 3 is 2.52 bits per heavy atom. The molecular formula is C27H40N2O4. The number of carbonyl (C=O) groups excluding carboxylic acids is 2. The molecule has 0 spiro atoms. The van der Waals surface area contributed by atoms with Gasteiger partial charge in [0.2, 0.25) is 5.91 Å². The second kappa shape index (κ2) is 12.1. The van der Waals surface area contributed by atoms with Crippen LogP contribution in [0.3, 0.4) is 0 Å². The molecule has 1 aromatic heterocycles. The Morgan fingerprint density at radius 2 is 1.88 bits per heavy atom. The van der Waals surface area contributed by atoms with Gasteiger partial charge in [-0.3, -0.25) is 9.59 Å². The van der Waals surface area contributed by atoms with E-state index in [1.165, 1.54) is 0 Å². The van der Waals surface area contributed by atoms with E-state index in [-0.39, 0.29) is 48.3 Å². The largest absolute Gasteiger partial charge is 0.449 e. The number of allylic oxidation sites excluding steroid dienone is 3. The maximum Gasteiger partial charge on any atom is 0.223 e. The summed E-state index contributed by atoms with van der Waals surface area (Å²) >= 11 is 0. The summed E-state index contributed by atoms with van der Waals surface area (Å²) in [4.78, 5) is 29.9. The number of nitrogens with zero attached hydrogens (tertiary/aromatic N) is 1. The molecule has 1 aromatic rings. The summed E-state index contributed by atoms with van der Waals surface area (Å²) in [7, 11) is 0. The van der Waals surface area contributed by atoms with E-state index < -0.39 is 6.10 Å². The number of amides is 1. The van der Waals surface area contributed by atoms with Gasteiger partial charge >= 0.3 is 0 Å². The lowest BCUT2D eigenvalue weighted by molar-refractivity contribution is -0.128. The molecule has 2 rings (SSSR count). The molecule has 0 fully saturated rings. The number of nitrogens with one attached hydrogen (secondary N) is 1. The first-order valence-corrected chi connectivity index (χ1v) is 11.9. The Bertz CT molecular complexity index is 911. The number of hydrogen-bond donors (Lipinski definition) is 2. The summed E-state index contributed by atoms with van der Waals surface area (Å²) in [6, 6.07) is -0.286. The van der Waals surface area contributed by atoms with E-state index in [2.05, 4.69) is 56.2 Å². The molecule has 0 bridgehead atoms. The molecule has 0 saturated carbocycles. The first kappa shape index (κ1) is 26.8. The van der Waals surface area contributed by atoms with Crippen LogP contribution in [0.4, 0.5) is 0 Å². The Balaban J connectivity index is 2.35. The fourth-order valence-corrected chi connectivity index (χ4v) is 4.40. The van der Waals surface area contributed by atoms with Gasteiger partial charge in [-0.05, 0) is 49.7 Å². The highest BCUT2D eigenvalue weighted by atomic mass is 16.3. The van der Waals surface area contributed by atoms with E-state index in [0.717, 1.165) is 17.6 Å². The Kier molecular flexibility index (Phi) is 9.84. The number of aryl methyl sites for hydroxylation is 1. The van der Waals surface area contributed by atoms with E-state index >= 15 is 0 Å². The number of hydrogen-bond acceptors (Lipinski definition) is 5. The highest BCUT2D eigenvalue weighted by Crippen LogP contribution is 2.27. The summed E-state index contributed by atoms with van der Waals surface area (Å²) in [6.07, 6.45) is 9.68. The third-order valence-corrected chi connectivity index (χ3v) is 6.81. The highest BCUT2D eigenvalue weighted by Gasteiger charge is 2.28. The molecule has 1 aliphatic rings. The van der Waals surface area contributed by atoms with Crippen molar-refractivity contribution < 1.29 is 19.1 Å². The van der Waals surface area contributed by atoms with Crippen LogP contribution in [0.15, 0.2) is 40.1 Å². The van der Waals surface area contributed by atoms with Crippen LogP contribution in [-0.2, 0) is 9.59 Å². The van der Waals surface area contributed by atoms with Crippen LogP contribution in [0.1, 0.15) is 72.4 Å². The lowest BCUT2D eigenvalue weighted by atomic mass is 9.79. The summed E-state index contributed by atoms with van der Waals surface area (Å²) in [5, 5.41) is 13.5. The molecule has 0 aromatic carbocycles. The van der Waals surface area contributed by atoms with Crippen molar-refractivity contribution >= 4 is 17.8 Å². The summed E-state index contributed by atoms with van der Waals surface area (Å²) < 4.78 is 5.30. The van der Waals surface area contributed by atoms with Gasteiger partial charge in [-0.25, -0.2) is 4.98 Å². The van der Waals surface area contributed by atoms with Crippen LogP contribution in [0.25, 0.3) is 6.08 Å². The standard InChI is InChI=1S/C27H40N2O4/c1-16-9-8-10-17(2)20(5)21(6)25(31)13-24(30)14-26(32)29-27(18(3)11-16)19(4)12-23-15-33-22(7)28-23/h8-9,11-12,15,17-18,20-21,24,27,30H,10,13-14H2,1-7H3,(H,29,32)/b9-8+,16-11-,19-12+/t17-,18-,20-,21+,24+,27-/m0/s1. The molecule has 0 saturated heterocycles. The number of ketones is 1. The Hall–Kier alpha value is -2.47. The van der Waals surface area contributed by atoms with Gasteiger partial charge in [0.05, 0.1) is 18.6 Å². The minimum Gasteiger partial charge on any atom is -0.449 e. The van der Waals surface area contributed by atoms with Crippen molar-refractivity contribution in [1.29, 1.82) is 0 Å². The predicted octanol–water partition coefficient (Wildman–Crippen LogP) is 5.03. The van der Waals surface area contributed by atoms with Crippen molar-refractivity contribution in [3.63, 3.8) is 0 Å². The number of carbonyl (C=O) groups is 2. The summed E-state index contributed by atoms with van der Waals surface area (Å²) in [5.74, 6) is 0.670. The van der Waals surface area contributed by atoms with Crippen LogP contribution in [0.2, 0.25) is 0 Å². The zero-order valence-electron chi connectivity index (χ0n) is 21.1. The molecule has 0 unspecified atom stereocenters. The van der Waals surface area contributed by atoms with Gasteiger partial charge in [0.1, 0.15) is 17.7 Å². The van der Waals surface area contributed by atoms with E-state index in [4.69, 9.17) is 4.42 Å². The molecule has 33 heavy (non-hydrogen) atoms. The van der Waals surface area contributed by atoms with Crippen LogP contribution in [0.5, 0.6) is 0 Å². The van der Waals surface area contributed by atoms with E-state index in [0.29, 0.717) is 17.5 Å². The van der Waals surface area contributed by atoms with Crippen LogP contribution in [-0.4, -0.2) is 33.9 Å². The van der Waals surface area contributed by atoms with Crippen molar-refractivity contribution in [2.45, 2.75) is 79.9 Å². The molecule has 1 aliphatic heterocycles. The van der Waals surface area contributed by atoms with Gasteiger partial charge in [0.15, 0.2) is 5.89 Å². The van der Waals surface area contributed by atoms with Gasteiger partial charge in [-0.15, -0.1) is 0 Å². The molecule has 6 heteroatoms. The summed E-state index contributed by atoms with van der Waals surface area (Å²) in [5.41, 5.74) is 2.74. The fraction of sp³-hybridized carbons (Fsp3) is 0.593. The van der Waals surface area contributed by atoms with Gasteiger partial charge in [0, 0.05) is 19.3 Å².